The van der Waals surface area contributed by atoms with Gasteiger partial charge in [0.25, 0.3) is 5.91 Å². The molecule has 9 heteroatoms. The van der Waals surface area contributed by atoms with E-state index in [1.54, 1.807) is 12.1 Å². The lowest BCUT2D eigenvalue weighted by Crippen LogP contribution is -2.32. The highest BCUT2D eigenvalue weighted by Gasteiger charge is 2.21. The molecule has 7 nitrogen and oxygen atoms in total. The van der Waals surface area contributed by atoms with Gasteiger partial charge in [-0.3, -0.25) is 4.79 Å². The van der Waals surface area contributed by atoms with Crippen molar-refractivity contribution in [3.63, 3.8) is 0 Å². The molecule has 3 rings (SSSR count). The zero-order chi connectivity index (χ0) is 18.6. The smallest absolute Gasteiger partial charge is 0.251 e. The Labute approximate surface area is 156 Å². The zero-order valence-electron chi connectivity index (χ0n) is 13.9. The Bertz CT molecular complexity index is 861. The molecule has 1 atom stereocenters. The molecule has 0 radical (unpaired) electrons. The van der Waals surface area contributed by atoms with Crippen molar-refractivity contribution in [3.05, 3.63) is 52.9 Å². The Morgan fingerprint density at radius 1 is 1.31 bits per heavy atom. The van der Waals surface area contributed by atoms with Crippen molar-refractivity contribution in [2.75, 3.05) is 13.2 Å². The van der Waals surface area contributed by atoms with Crippen LogP contribution in [0.25, 0.3) is 0 Å². The Morgan fingerprint density at radius 3 is 2.85 bits per heavy atom. The summed E-state index contributed by atoms with van der Waals surface area (Å²) in [4.78, 5) is 12.1. The molecular formula is C17H19ClN2O5S. The standard InChI is InChI=1S/C17H19ClN2O5S/c18-15-6-5-12(17(21)19-10-13-3-1-7-24-13)9-16(15)26(22,23)20-11-14-4-2-8-25-14/h2,4-6,8-9,13,20H,1,3,7,10-11H2,(H,19,21). The molecule has 1 aromatic heterocycles. The SMILES string of the molecule is O=C(NCC1CCCO1)c1ccc(Cl)c(S(=O)(=O)NCc2ccco2)c1. The Kier molecular flexibility index (Phi) is 5.98. The maximum atomic E-state index is 12.5. The van der Waals surface area contributed by atoms with Crippen molar-refractivity contribution in [2.45, 2.75) is 30.4 Å². The number of carbonyl (C=O) groups is 1. The van der Waals surface area contributed by atoms with Gasteiger partial charge in [0, 0.05) is 18.7 Å². The minimum Gasteiger partial charge on any atom is -0.468 e. The number of ether oxygens (including phenoxy) is 1. The van der Waals surface area contributed by atoms with Gasteiger partial charge in [-0.05, 0) is 43.2 Å². The molecule has 1 unspecified atom stereocenters. The monoisotopic (exact) mass is 398 g/mol. The Morgan fingerprint density at radius 2 is 2.15 bits per heavy atom. The minimum absolute atomic E-state index is 0.00409. The maximum absolute atomic E-state index is 12.5. The van der Waals surface area contributed by atoms with Gasteiger partial charge >= 0.3 is 0 Å². The topological polar surface area (TPSA) is 97.6 Å². The second-order valence-electron chi connectivity index (χ2n) is 5.89. The number of furan rings is 1. The quantitative estimate of drug-likeness (QED) is 0.745. The van der Waals surface area contributed by atoms with E-state index in [0.717, 1.165) is 12.8 Å². The summed E-state index contributed by atoms with van der Waals surface area (Å²) >= 11 is 6.03. The molecule has 1 aliphatic heterocycles. The van der Waals surface area contributed by atoms with Crippen LogP contribution in [0.3, 0.4) is 0 Å². The van der Waals surface area contributed by atoms with E-state index in [0.29, 0.717) is 18.9 Å². The van der Waals surface area contributed by atoms with Crippen LogP contribution in [0.2, 0.25) is 5.02 Å². The minimum atomic E-state index is -3.90. The number of benzene rings is 1. The first kappa shape index (κ1) is 18.9. The normalized spacial score (nSPS) is 17.3. The molecule has 1 aromatic carbocycles. The van der Waals surface area contributed by atoms with Crippen LogP contribution in [0.1, 0.15) is 29.0 Å². The fraction of sp³-hybridized carbons (Fsp3) is 0.353. The van der Waals surface area contributed by atoms with Crippen LogP contribution in [-0.2, 0) is 21.3 Å². The van der Waals surface area contributed by atoms with Gasteiger partial charge in [0.1, 0.15) is 10.7 Å². The summed E-state index contributed by atoms with van der Waals surface area (Å²) in [5, 5.41) is 2.79. The van der Waals surface area contributed by atoms with E-state index in [2.05, 4.69) is 10.0 Å². The third-order valence-corrected chi connectivity index (χ3v) is 5.90. The van der Waals surface area contributed by atoms with Gasteiger partial charge in [-0.25, -0.2) is 13.1 Å². The molecule has 26 heavy (non-hydrogen) atoms. The summed E-state index contributed by atoms with van der Waals surface area (Å²) in [6, 6.07) is 7.45. The third kappa shape index (κ3) is 4.64. The summed E-state index contributed by atoms with van der Waals surface area (Å²) in [6.45, 7) is 1.08. The van der Waals surface area contributed by atoms with Crippen LogP contribution >= 0.6 is 11.6 Å². The van der Waals surface area contributed by atoms with Crippen LogP contribution in [0.5, 0.6) is 0 Å². The zero-order valence-corrected chi connectivity index (χ0v) is 15.5. The molecule has 1 saturated heterocycles. The number of hydrogen-bond acceptors (Lipinski definition) is 5. The first-order valence-electron chi connectivity index (χ1n) is 8.17. The first-order valence-corrected chi connectivity index (χ1v) is 10.0. The van der Waals surface area contributed by atoms with Gasteiger partial charge in [0.2, 0.25) is 10.0 Å². The first-order chi connectivity index (χ1) is 12.5. The van der Waals surface area contributed by atoms with Gasteiger partial charge < -0.3 is 14.5 Å². The number of sulfonamides is 1. The van der Waals surface area contributed by atoms with Crippen molar-refractivity contribution in [1.29, 1.82) is 0 Å². The fourth-order valence-electron chi connectivity index (χ4n) is 2.62. The molecule has 0 aliphatic carbocycles. The second-order valence-corrected chi connectivity index (χ2v) is 8.04. The van der Waals surface area contributed by atoms with Gasteiger partial charge in [-0.1, -0.05) is 11.6 Å². The molecule has 1 amide bonds. The van der Waals surface area contributed by atoms with Crippen molar-refractivity contribution >= 4 is 27.5 Å². The highest BCUT2D eigenvalue weighted by molar-refractivity contribution is 7.89. The van der Waals surface area contributed by atoms with E-state index >= 15 is 0 Å². The molecule has 2 heterocycles. The van der Waals surface area contributed by atoms with Crippen molar-refractivity contribution in [1.82, 2.24) is 10.0 Å². The van der Waals surface area contributed by atoms with E-state index in [1.807, 2.05) is 0 Å². The highest BCUT2D eigenvalue weighted by atomic mass is 35.5. The van der Waals surface area contributed by atoms with E-state index in [1.165, 1.54) is 24.5 Å². The molecule has 0 spiro atoms. The molecule has 1 fully saturated rings. The molecule has 0 saturated carbocycles. The van der Waals surface area contributed by atoms with E-state index < -0.39 is 10.0 Å². The number of nitrogens with one attached hydrogen (secondary N) is 2. The molecule has 2 aromatic rings. The van der Waals surface area contributed by atoms with Crippen molar-refractivity contribution in [3.8, 4) is 0 Å². The Hall–Kier alpha value is -1.87. The number of halogens is 1. The highest BCUT2D eigenvalue weighted by Crippen LogP contribution is 2.23. The average molecular weight is 399 g/mol. The number of amides is 1. The summed E-state index contributed by atoms with van der Waals surface area (Å²) in [7, 11) is -3.90. The van der Waals surface area contributed by atoms with Crippen molar-refractivity contribution < 1.29 is 22.4 Å². The Balaban J connectivity index is 1.70. The van der Waals surface area contributed by atoms with Gasteiger partial charge in [0.05, 0.1) is 23.9 Å². The van der Waals surface area contributed by atoms with E-state index in [4.69, 9.17) is 20.8 Å². The van der Waals surface area contributed by atoms with Crippen LogP contribution in [0, 0.1) is 0 Å². The summed E-state index contributed by atoms with van der Waals surface area (Å²) in [5.74, 6) is 0.0924. The fourth-order valence-corrected chi connectivity index (χ4v) is 4.14. The maximum Gasteiger partial charge on any atom is 0.251 e. The number of rotatable bonds is 7. The number of hydrogen-bond donors (Lipinski definition) is 2. The molecule has 140 valence electrons. The molecule has 1 aliphatic rings. The molecule has 2 N–H and O–H groups in total. The van der Waals surface area contributed by atoms with Crippen molar-refractivity contribution in [2.24, 2.45) is 0 Å². The lowest BCUT2D eigenvalue weighted by molar-refractivity contribution is 0.0857. The molecule has 0 bridgehead atoms. The number of carbonyl (C=O) groups excluding carboxylic acids is 1. The lowest BCUT2D eigenvalue weighted by Gasteiger charge is -2.12. The predicted octanol–water partition coefficient (Wildman–Crippen LogP) is 2.32. The largest absolute Gasteiger partial charge is 0.468 e. The molecular weight excluding hydrogens is 380 g/mol. The summed E-state index contributed by atoms with van der Waals surface area (Å²) < 4.78 is 38.0. The van der Waals surface area contributed by atoms with Gasteiger partial charge in [0.15, 0.2) is 0 Å². The summed E-state index contributed by atoms with van der Waals surface area (Å²) in [6.07, 6.45) is 3.34. The average Bonchev–Trinajstić information content (AvgIpc) is 3.32. The van der Waals surface area contributed by atoms with Gasteiger partial charge in [-0.2, -0.15) is 0 Å². The summed E-state index contributed by atoms with van der Waals surface area (Å²) in [5.41, 5.74) is 0.214. The van der Waals surface area contributed by atoms with E-state index in [-0.39, 0.29) is 34.0 Å². The van der Waals surface area contributed by atoms with Crippen LogP contribution in [0.15, 0.2) is 45.9 Å². The predicted molar refractivity (Wildman–Crippen MR) is 95.5 cm³/mol. The van der Waals surface area contributed by atoms with Crippen LogP contribution in [0.4, 0.5) is 0 Å². The third-order valence-electron chi connectivity index (χ3n) is 4.01. The van der Waals surface area contributed by atoms with Crippen LogP contribution in [-0.4, -0.2) is 33.6 Å². The van der Waals surface area contributed by atoms with E-state index in [9.17, 15) is 13.2 Å². The lowest BCUT2D eigenvalue weighted by atomic mass is 10.2. The van der Waals surface area contributed by atoms with Crippen LogP contribution < -0.4 is 10.0 Å². The second kappa shape index (κ2) is 8.22. The van der Waals surface area contributed by atoms with Gasteiger partial charge in [-0.15, -0.1) is 0 Å².